The average molecular weight is 297 g/mol. The van der Waals surface area contributed by atoms with Crippen LogP contribution in [0.3, 0.4) is 0 Å². The van der Waals surface area contributed by atoms with Gasteiger partial charge in [-0.1, -0.05) is 24.3 Å². The minimum Gasteiger partial charge on any atom is -0.396 e. The van der Waals surface area contributed by atoms with Crippen LogP contribution in [0.5, 0.6) is 0 Å². The fourth-order valence-corrected chi connectivity index (χ4v) is 2.29. The second-order valence-electron chi connectivity index (χ2n) is 4.87. The Morgan fingerprint density at radius 2 is 1.75 bits per heavy atom. The number of halogens is 3. The number of aliphatic hydroxyl groups is 1. The van der Waals surface area contributed by atoms with Gasteiger partial charge in [0.25, 0.3) is 0 Å². The topological polar surface area (TPSA) is 20.2 Å². The van der Waals surface area contributed by atoms with Gasteiger partial charge < -0.3 is 5.11 Å². The van der Waals surface area contributed by atoms with Gasteiger partial charge in [0.2, 0.25) is 0 Å². The van der Waals surface area contributed by atoms with Crippen LogP contribution in [-0.4, -0.2) is 11.7 Å². The Morgan fingerprint density at radius 3 is 2.30 bits per heavy atom. The van der Waals surface area contributed by atoms with E-state index in [4.69, 9.17) is 16.7 Å². The van der Waals surface area contributed by atoms with Gasteiger partial charge in [-0.3, -0.25) is 0 Å². The van der Waals surface area contributed by atoms with Crippen LogP contribution in [0.2, 0.25) is 0 Å². The third-order valence-corrected chi connectivity index (χ3v) is 3.72. The summed E-state index contributed by atoms with van der Waals surface area (Å²) in [5, 5.41) is 8.99. The molecule has 1 N–H and O–H groups in total. The Morgan fingerprint density at radius 1 is 1.10 bits per heavy atom. The highest BCUT2D eigenvalue weighted by atomic mass is 35.5. The largest absolute Gasteiger partial charge is 0.396 e. The summed E-state index contributed by atoms with van der Waals surface area (Å²) < 4.78 is 26.6. The van der Waals surface area contributed by atoms with E-state index < -0.39 is 16.5 Å². The lowest BCUT2D eigenvalue weighted by molar-refractivity contribution is 0.270. The van der Waals surface area contributed by atoms with Crippen LogP contribution in [0.25, 0.3) is 11.1 Å². The number of benzene rings is 2. The molecule has 0 aliphatic rings. The van der Waals surface area contributed by atoms with Gasteiger partial charge in [0.15, 0.2) is 0 Å². The highest BCUT2D eigenvalue weighted by molar-refractivity contribution is 6.23. The Bertz CT molecular complexity index is 594. The van der Waals surface area contributed by atoms with Crippen molar-refractivity contribution in [2.75, 3.05) is 6.61 Å². The molecule has 2 rings (SSSR count). The minimum atomic E-state index is -0.658. The van der Waals surface area contributed by atoms with Crippen molar-refractivity contribution in [1.82, 2.24) is 0 Å². The Balaban J connectivity index is 2.33. The SMILES string of the molecule is CC(Cl)(CCO)c1ccc(-c2ccc(F)cc2F)cc1. The van der Waals surface area contributed by atoms with Gasteiger partial charge in [0, 0.05) is 18.2 Å². The van der Waals surface area contributed by atoms with Crippen LogP contribution < -0.4 is 0 Å². The zero-order chi connectivity index (χ0) is 14.8. The predicted octanol–water partition coefficient (Wildman–Crippen LogP) is 4.47. The van der Waals surface area contributed by atoms with E-state index >= 15 is 0 Å². The van der Waals surface area contributed by atoms with Gasteiger partial charge >= 0.3 is 0 Å². The molecule has 0 aliphatic heterocycles. The first-order chi connectivity index (χ1) is 9.44. The molecular formula is C16H15ClF2O. The van der Waals surface area contributed by atoms with E-state index in [9.17, 15) is 8.78 Å². The van der Waals surface area contributed by atoms with E-state index in [1.807, 2.05) is 6.92 Å². The van der Waals surface area contributed by atoms with Crippen LogP contribution in [0.1, 0.15) is 18.9 Å². The summed E-state index contributed by atoms with van der Waals surface area (Å²) in [7, 11) is 0. The molecule has 0 saturated heterocycles. The first-order valence-electron chi connectivity index (χ1n) is 6.30. The summed E-state index contributed by atoms with van der Waals surface area (Å²) in [4.78, 5) is -0.658. The third-order valence-electron chi connectivity index (χ3n) is 3.31. The van der Waals surface area contributed by atoms with E-state index in [1.165, 1.54) is 12.1 Å². The van der Waals surface area contributed by atoms with Crippen molar-refractivity contribution in [3.8, 4) is 11.1 Å². The lowest BCUT2D eigenvalue weighted by Crippen LogP contribution is -2.15. The zero-order valence-electron chi connectivity index (χ0n) is 11.0. The Kier molecular flexibility index (Phi) is 4.41. The molecule has 20 heavy (non-hydrogen) atoms. The molecule has 1 nitrogen and oxygen atoms in total. The molecule has 0 radical (unpaired) electrons. The molecule has 0 aliphatic carbocycles. The fourth-order valence-electron chi connectivity index (χ4n) is 2.08. The zero-order valence-corrected chi connectivity index (χ0v) is 11.8. The normalized spacial score (nSPS) is 14.1. The summed E-state index contributed by atoms with van der Waals surface area (Å²) in [5.74, 6) is -1.19. The molecule has 0 fully saturated rings. The highest BCUT2D eigenvalue weighted by Gasteiger charge is 2.22. The average Bonchev–Trinajstić information content (AvgIpc) is 2.39. The van der Waals surface area contributed by atoms with E-state index in [1.54, 1.807) is 24.3 Å². The standard InChI is InChI=1S/C16H15ClF2O/c1-16(17,8-9-20)12-4-2-11(3-5-12)14-7-6-13(18)10-15(14)19/h2-7,10,20H,8-9H2,1H3. The summed E-state index contributed by atoms with van der Waals surface area (Å²) in [6.07, 6.45) is 0.429. The number of hydrogen-bond acceptors (Lipinski definition) is 1. The van der Waals surface area contributed by atoms with Crippen molar-refractivity contribution in [2.24, 2.45) is 0 Å². The first-order valence-corrected chi connectivity index (χ1v) is 6.67. The maximum atomic E-state index is 13.7. The molecule has 2 aromatic rings. The lowest BCUT2D eigenvalue weighted by atomic mass is 9.94. The molecule has 0 heterocycles. The quantitative estimate of drug-likeness (QED) is 0.826. The minimum absolute atomic E-state index is 0.00561. The van der Waals surface area contributed by atoms with Crippen molar-refractivity contribution in [3.05, 3.63) is 59.7 Å². The molecule has 0 aromatic heterocycles. The molecule has 0 bridgehead atoms. The fraction of sp³-hybridized carbons (Fsp3) is 0.250. The number of hydrogen-bond donors (Lipinski definition) is 1. The maximum absolute atomic E-state index is 13.7. The molecule has 4 heteroatoms. The second kappa shape index (κ2) is 5.90. The van der Waals surface area contributed by atoms with Gasteiger partial charge in [-0.25, -0.2) is 8.78 Å². The van der Waals surface area contributed by atoms with Crippen LogP contribution in [0.15, 0.2) is 42.5 Å². The Labute approximate surface area is 121 Å². The van der Waals surface area contributed by atoms with Gasteiger partial charge in [-0.15, -0.1) is 11.6 Å². The summed E-state index contributed by atoms with van der Waals surface area (Å²) in [6.45, 7) is 1.81. The monoisotopic (exact) mass is 296 g/mol. The van der Waals surface area contributed by atoms with Gasteiger partial charge in [-0.2, -0.15) is 0 Å². The number of alkyl halides is 1. The molecular weight excluding hydrogens is 282 g/mol. The van der Waals surface area contributed by atoms with Crippen molar-refractivity contribution in [3.63, 3.8) is 0 Å². The molecule has 0 saturated carbocycles. The molecule has 0 spiro atoms. The summed E-state index contributed by atoms with van der Waals surface area (Å²) in [6, 6.07) is 10.6. The summed E-state index contributed by atoms with van der Waals surface area (Å²) in [5.41, 5.74) is 1.85. The number of aliphatic hydroxyl groups excluding tert-OH is 1. The van der Waals surface area contributed by atoms with Gasteiger partial charge in [0.05, 0.1) is 4.87 Å². The molecule has 1 atom stereocenters. The lowest BCUT2D eigenvalue weighted by Gasteiger charge is -2.21. The van der Waals surface area contributed by atoms with Crippen molar-refractivity contribution in [2.45, 2.75) is 18.2 Å². The molecule has 106 valence electrons. The van der Waals surface area contributed by atoms with E-state index in [-0.39, 0.29) is 6.61 Å². The van der Waals surface area contributed by atoms with Crippen LogP contribution in [0.4, 0.5) is 8.78 Å². The van der Waals surface area contributed by atoms with Crippen molar-refractivity contribution < 1.29 is 13.9 Å². The number of rotatable bonds is 4. The molecule has 2 aromatic carbocycles. The predicted molar refractivity (Wildman–Crippen MR) is 76.7 cm³/mol. The van der Waals surface area contributed by atoms with Crippen LogP contribution >= 0.6 is 11.6 Å². The second-order valence-corrected chi connectivity index (χ2v) is 5.71. The maximum Gasteiger partial charge on any atom is 0.133 e. The van der Waals surface area contributed by atoms with E-state index in [2.05, 4.69) is 0 Å². The van der Waals surface area contributed by atoms with Crippen molar-refractivity contribution >= 4 is 11.6 Å². The van der Waals surface area contributed by atoms with Crippen molar-refractivity contribution in [1.29, 1.82) is 0 Å². The van der Waals surface area contributed by atoms with Gasteiger partial charge in [0.1, 0.15) is 11.6 Å². The van der Waals surface area contributed by atoms with Crippen LogP contribution in [-0.2, 0) is 4.87 Å². The smallest absolute Gasteiger partial charge is 0.133 e. The van der Waals surface area contributed by atoms with Gasteiger partial charge in [-0.05, 0) is 36.6 Å². The Hall–Kier alpha value is -1.45. The summed E-state index contributed by atoms with van der Waals surface area (Å²) >= 11 is 6.33. The molecule has 0 amide bonds. The van der Waals surface area contributed by atoms with Crippen LogP contribution in [0, 0.1) is 11.6 Å². The van der Waals surface area contributed by atoms with E-state index in [0.29, 0.717) is 17.5 Å². The van der Waals surface area contributed by atoms with E-state index in [0.717, 1.165) is 11.6 Å². The highest BCUT2D eigenvalue weighted by Crippen LogP contribution is 2.33. The first kappa shape index (κ1) is 14.9. The third kappa shape index (κ3) is 3.17. The molecule has 1 unspecified atom stereocenters.